The van der Waals surface area contributed by atoms with E-state index in [4.69, 9.17) is 9.57 Å². The van der Waals surface area contributed by atoms with Crippen LogP contribution >= 0.6 is 0 Å². The fraction of sp³-hybridized carbons (Fsp3) is 0.333. The first-order valence-corrected chi connectivity index (χ1v) is 12.8. The highest BCUT2D eigenvalue weighted by molar-refractivity contribution is 6.11. The van der Waals surface area contributed by atoms with Crippen LogP contribution in [0, 0.1) is 5.92 Å². The van der Waals surface area contributed by atoms with Crippen molar-refractivity contribution in [2.75, 3.05) is 0 Å². The zero-order valence-electron chi connectivity index (χ0n) is 20.6. The largest absolute Gasteiger partial charge is 0.507 e. The third kappa shape index (κ3) is 5.53. The summed E-state index contributed by atoms with van der Waals surface area (Å²) in [4.78, 5) is 29.8. The lowest BCUT2D eigenvalue weighted by Crippen LogP contribution is -2.15. The van der Waals surface area contributed by atoms with Gasteiger partial charge in [-0.05, 0) is 65.8 Å². The number of rotatable bonds is 10. The van der Waals surface area contributed by atoms with Crippen LogP contribution < -0.4 is 15.1 Å². The summed E-state index contributed by atoms with van der Waals surface area (Å²) in [6.45, 7) is 0.248. The van der Waals surface area contributed by atoms with E-state index in [1.54, 1.807) is 36.4 Å². The third-order valence-electron chi connectivity index (χ3n) is 7.25. The van der Waals surface area contributed by atoms with Crippen molar-refractivity contribution in [3.8, 4) is 17.2 Å². The molecule has 5 rings (SSSR count). The molecule has 0 aromatic heterocycles. The molecule has 0 radical (unpaired) electrons. The summed E-state index contributed by atoms with van der Waals surface area (Å²) >= 11 is 0. The van der Waals surface area contributed by atoms with E-state index in [-0.39, 0.29) is 18.1 Å². The van der Waals surface area contributed by atoms with E-state index >= 15 is 0 Å². The quantitative estimate of drug-likeness (QED) is 0.267. The van der Waals surface area contributed by atoms with Gasteiger partial charge in [-0.3, -0.25) is 4.79 Å². The first kappa shape index (κ1) is 25.0. The number of hydrogen-bond acceptors (Lipinski definition) is 7. The van der Waals surface area contributed by atoms with E-state index in [0.29, 0.717) is 46.9 Å². The van der Waals surface area contributed by atoms with Gasteiger partial charge in [-0.25, -0.2) is 0 Å². The molecular weight excluding hydrogens is 470 g/mol. The molecule has 1 unspecified atom stereocenters. The van der Waals surface area contributed by atoms with Gasteiger partial charge in [-0.2, -0.15) is 0 Å². The maximum absolute atomic E-state index is 13.4. The van der Waals surface area contributed by atoms with Crippen LogP contribution in [0.2, 0.25) is 0 Å². The maximum atomic E-state index is 13.4. The number of para-hydroxylation sites is 1. The molecule has 37 heavy (non-hydrogen) atoms. The molecule has 0 saturated heterocycles. The summed E-state index contributed by atoms with van der Waals surface area (Å²) in [5.41, 5.74) is 6.31. The normalized spacial score (nSPS) is 16.8. The second-order valence-corrected chi connectivity index (χ2v) is 9.81. The summed E-state index contributed by atoms with van der Waals surface area (Å²) in [6.07, 6.45) is 6.27. The van der Waals surface area contributed by atoms with Crippen LogP contribution in [-0.4, -0.2) is 22.3 Å². The molecule has 0 spiro atoms. The second kappa shape index (κ2) is 11.2. The highest BCUT2D eigenvalue weighted by Gasteiger charge is 2.23. The van der Waals surface area contributed by atoms with E-state index in [1.165, 1.54) is 12.8 Å². The van der Waals surface area contributed by atoms with Crippen LogP contribution in [-0.2, 0) is 24.2 Å². The Kier molecular flexibility index (Phi) is 7.53. The molecule has 1 heterocycles. The summed E-state index contributed by atoms with van der Waals surface area (Å²) in [7, 11) is 0. The molecular formula is C30H31NO6. The zero-order valence-corrected chi connectivity index (χ0v) is 20.6. The number of aromatic hydroxyl groups is 1. The number of phenolic OH excluding ortho intramolecular Hbond substituents is 1. The number of carbonyl (C=O) groups is 2. The molecule has 1 fully saturated rings. The topological polar surface area (TPSA) is 105 Å². The first-order chi connectivity index (χ1) is 18.0. The SMILES string of the molecule is O=CCCc1cc(C(=O)c2cccc(CC3CCCC3)c2O)ccc1OCc1ccc2c(c1)ONC2O. The first-order valence-electron chi connectivity index (χ1n) is 12.8. The van der Waals surface area contributed by atoms with Crippen molar-refractivity contribution in [1.82, 2.24) is 5.48 Å². The number of aryl methyl sites for hydroxylation is 1. The van der Waals surface area contributed by atoms with Crippen molar-refractivity contribution in [2.24, 2.45) is 5.92 Å². The lowest BCUT2D eigenvalue weighted by molar-refractivity contribution is -0.107. The molecule has 1 atom stereocenters. The highest BCUT2D eigenvalue weighted by Crippen LogP contribution is 2.34. The van der Waals surface area contributed by atoms with Crippen molar-refractivity contribution in [3.63, 3.8) is 0 Å². The standard InChI is InChI=1S/C30H31NO6/c32-14-4-8-21-17-23(29(34)25-9-3-7-22(28(25)33)15-19-5-1-2-6-19)11-13-26(21)36-18-20-10-12-24-27(16-20)37-31-30(24)35/h3,7,9-14,16-17,19,30-31,33,35H,1-2,4-6,8,15,18H2. The van der Waals surface area contributed by atoms with Gasteiger partial charge in [0.2, 0.25) is 0 Å². The van der Waals surface area contributed by atoms with Gasteiger partial charge in [0.25, 0.3) is 0 Å². The molecule has 3 aromatic carbocycles. The molecule has 1 aliphatic heterocycles. The van der Waals surface area contributed by atoms with Crippen LogP contribution in [0.25, 0.3) is 0 Å². The molecule has 1 saturated carbocycles. The number of aldehydes is 1. The minimum atomic E-state index is -0.854. The van der Waals surface area contributed by atoms with Crippen LogP contribution in [0.1, 0.15) is 76.5 Å². The van der Waals surface area contributed by atoms with Gasteiger partial charge in [0.05, 0.1) is 5.56 Å². The number of ketones is 1. The molecule has 0 amide bonds. The van der Waals surface area contributed by atoms with Crippen LogP contribution in [0.3, 0.4) is 0 Å². The number of hydroxylamine groups is 1. The predicted octanol–water partition coefficient (Wildman–Crippen LogP) is 4.95. The Bertz CT molecular complexity index is 1300. The summed E-state index contributed by atoms with van der Waals surface area (Å²) < 4.78 is 6.05. The van der Waals surface area contributed by atoms with Crippen LogP contribution in [0.15, 0.2) is 54.6 Å². The number of carbonyl (C=O) groups excluding carboxylic acids is 2. The molecule has 7 nitrogen and oxygen atoms in total. The van der Waals surface area contributed by atoms with Gasteiger partial charge in [0.1, 0.15) is 24.4 Å². The molecule has 3 aromatic rings. The Morgan fingerprint density at radius 1 is 1.08 bits per heavy atom. The molecule has 192 valence electrons. The monoisotopic (exact) mass is 501 g/mol. The van der Waals surface area contributed by atoms with E-state index in [9.17, 15) is 19.8 Å². The number of nitrogens with one attached hydrogen (secondary N) is 1. The Labute approximate surface area is 216 Å². The van der Waals surface area contributed by atoms with Crippen molar-refractivity contribution < 1.29 is 29.4 Å². The van der Waals surface area contributed by atoms with Gasteiger partial charge < -0.3 is 24.6 Å². The number of fused-ring (bicyclic) bond motifs is 1. The number of phenols is 1. The van der Waals surface area contributed by atoms with E-state index in [1.807, 2.05) is 18.2 Å². The van der Waals surface area contributed by atoms with Gasteiger partial charge in [-0.15, -0.1) is 5.48 Å². The lowest BCUT2D eigenvalue weighted by atomic mass is 9.93. The minimum Gasteiger partial charge on any atom is -0.507 e. The Morgan fingerprint density at radius 2 is 1.92 bits per heavy atom. The van der Waals surface area contributed by atoms with Crippen LogP contribution in [0.5, 0.6) is 17.2 Å². The Balaban J connectivity index is 1.35. The van der Waals surface area contributed by atoms with Crippen molar-refractivity contribution in [3.05, 3.63) is 88.0 Å². The third-order valence-corrected chi connectivity index (χ3v) is 7.25. The second-order valence-electron chi connectivity index (χ2n) is 9.81. The average Bonchev–Trinajstić information content (AvgIpc) is 3.56. The zero-order chi connectivity index (χ0) is 25.8. The number of aliphatic hydroxyl groups excluding tert-OH is 1. The molecule has 0 bridgehead atoms. The summed E-state index contributed by atoms with van der Waals surface area (Å²) in [5.74, 6) is 1.49. The van der Waals surface area contributed by atoms with Gasteiger partial charge in [-0.1, -0.05) is 49.9 Å². The van der Waals surface area contributed by atoms with Gasteiger partial charge in [0, 0.05) is 17.5 Å². The fourth-order valence-corrected chi connectivity index (χ4v) is 5.22. The minimum absolute atomic E-state index is 0.0626. The molecule has 7 heteroatoms. The molecule has 3 N–H and O–H groups in total. The van der Waals surface area contributed by atoms with E-state index < -0.39 is 6.23 Å². The smallest absolute Gasteiger partial charge is 0.196 e. The number of ether oxygens (including phenoxy) is 1. The lowest BCUT2D eigenvalue weighted by Gasteiger charge is -2.15. The Hall–Kier alpha value is -3.68. The van der Waals surface area contributed by atoms with Crippen LogP contribution in [0.4, 0.5) is 0 Å². The fourth-order valence-electron chi connectivity index (χ4n) is 5.22. The Morgan fingerprint density at radius 3 is 2.73 bits per heavy atom. The van der Waals surface area contributed by atoms with Crippen molar-refractivity contribution >= 4 is 12.1 Å². The number of hydrogen-bond donors (Lipinski definition) is 3. The van der Waals surface area contributed by atoms with Gasteiger partial charge in [0.15, 0.2) is 17.8 Å². The van der Waals surface area contributed by atoms with E-state index in [2.05, 4.69) is 5.48 Å². The van der Waals surface area contributed by atoms with Crippen molar-refractivity contribution in [1.29, 1.82) is 0 Å². The summed E-state index contributed by atoms with van der Waals surface area (Å²) in [5, 5.41) is 20.7. The maximum Gasteiger partial charge on any atom is 0.196 e. The highest BCUT2D eigenvalue weighted by atomic mass is 16.7. The molecule has 2 aliphatic rings. The average molecular weight is 502 g/mol. The van der Waals surface area contributed by atoms with E-state index in [0.717, 1.165) is 42.2 Å². The summed E-state index contributed by atoms with van der Waals surface area (Å²) in [6, 6.07) is 16.0. The number of aliphatic hydroxyl groups is 1. The predicted molar refractivity (Wildman–Crippen MR) is 138 cm³/mol. The van der Waals surface area contributed by atoms with Gasteiger partial charge >= 0.3 is 0 Å². The van der Waals surface area contributed by atoms with Crippen molar-refractivity contribution in [2.45, 2.75) is 57.8 Å². The number of benzene rings is 3. The molecule has 1 aliphatic carbocycles.